The maximum absolute atomic E-state index is 12.9. The summed E-state index contributed by atoms with van der Waals surface area (Å²) in [5.41, 5.74) is 5.97. The topological polar surface area (TPSA) is 113 Å². The number of hydrogen-bond acceptors (Lipinski definition) is 5. The third-order valence-electron chi connectivity index (χ3n) is 6.22. The van der Waals surface area contributed by atoms with Crippen LogP contribution in [-0.4, -0.2) is 67.8 Å². The molecular weight excluding hydrogens is 452 g/mol. The van der Waals surface area contributed by atoms with Crippen LogP contribution in [0.5, 0.6) is 0 Å². The number of nitrogens with two attached hydrogens (primary N) is 1. The molecule has 0 saturated carbocycles. The van der Waals surface area contributed by atoms with Crippen molar-refractivity contribution in [1.29, 1.82) is 0 Å². The Balaban J connectivity index is 1.45. The van der Waals surface area contributed by atoms with Crippen molar-refractivity contribution in [3.05, 3.63) is 41.4 Å². The molecule has 0 aromatic heterocycles. The number of piperidine rings is 1. The quantitative estimate of drug-likeness (QED) is 0.679. The van der Waals surface area contributed by atoms with Gasteiger partial charge < -0.3 is 15.5 Å². The van der Waals surface area contributed by atoms with Gasteiger partial charge in [-0.2, -0.15) is 4.72 Å². The lowest BCUT2D eigenvalue weighted by atomic mass is 10.1. The van der Waals surface area contributed by atoms with E-state index < -0.39 is 22.1 Å². The highest BCUT2D eigenvalue weighted by molar-refractivity contribution is 7.89. The summed E-state index contributed by atoms with van der Waals surface area (Å²) in [4.78, 5) is 29.0. The van der Waals surface area contributed by atoms with Crippen molar-refractivity contribution in [2.24, 2.45) is 5.73 Å². The number of amides is 2. The molecule has 2 heterocycles. The van der Waals surface area contributed by atoms with Gasteiger partial charge in [0.15, 0.2) is 0 Å². The minimum Gasteiger partial charge on any atom is -0.339 e. The van der Waals surface area contributed by atoms with Gasteiger partial charge in [-0.25, -0.2) is 8.42 Å². The van der Waals surface area contributed by atoms with E-state index in [2.05, 4.69) is 4.72 Å². The first-order chi connectivity index (χ1) is 15.2. The molecule has 3 N–H and O–H groups in total. The van der Waals surface area contributed by atoms with Gasteiger partial charge in [-0.1, -0.05) is 23.7 Å². The molecule has 2 aromatic carbocycles. The van der Waals surface area contributed by atoms with Crippen molar-refractivity contribution in [3.8, 4) is 0 Å². The van der Waals surface area contributed by atoms with E-state index in [4.69, 9.17) is 17.3 Å². The second-order valence-corrected chi connectivity index (χ2v) is 10.7. The van der Waals surface area contributed by atoms with Crippen molar-refractivity contribution < 1.29 is 18.0 Å². The fourth-order valence-corrected chi connectivity index (χ4v) is 5.86. The maximum atomic E-state index is 12.9. The predicted molar refractivity (Wildman–Crippen MR) is 123 cm³/mol. The van der Waals surface area contributed by atoms with E-state index in [1.165, 1.54) is 11.0 Å². The fraction of sp³-hybridized carbons (Fsp3) is 0.455. The van der Waals surface area contributed by atoms with E-state index in [1.54, 1.807) is 42.2 Å². The number of benzene rings is 2. The summed E-state index contributed by atoms with van der Waals surface area (Å²) in [7, 11) is -3.92. The number of carbonyl (C=O) groups is 2. The number of nitrogens with zero attached hydrogens (tertiary/aromatic N) is 2. The number of fused-ring (bicyclic) bond motifs is 1. The SMILES string of the molecule is C[C@@H](C(=O)N1CCCC(N)C1)N1CC[C@H](NS(=O)(=O)c2ccc3cc(Cl)ccc3c2)C1=O. The number of sulfonamides is 1. The van der Waals surface area contributed by atoms with Crippen LogP contribution in [0, 0.1) is 0 Å². The summed E-state index contributed by atoms with van der Waals surface area (Å²) in [6, 6.07) is 8.31. The molecule has 0 aliphatic carbocycles. The van der Waals surface area contributed by atoms with E-state index in [0.717, 1.165) is 23.6 Å². The number of nitrogens with one attached hydrogen (secondary N) is 1. The molecule has 2 aromatic rings. The van der Waals surface area contributed by atoms with Crippen LogP contribution in [0.4, 0.5) is 0 Å². The fourth-order valence-electron chi connectivity index (χ4n) is 4.42. The first-order valence-electron chi connectivity index (χ1n) is 10.7. The van der Waals surface area contributed by atoms with Crippen LogP contribution in [0.2, 0.25) is 5.02 Å². The van der Waals surface area contributed by atoms with Crippen molar-refractivity contribution in [2.45, 2.75) is 49.2 Å². The molecule has 2 aliphatic heterocycles. The van der Waals surface area contributed by atoms with Crippen molar-refractivity contribution in [2.75, 3.05) is 19.6 Å². The average molecular weight is 479 g/mol. The van der Waals surface area contributed by atoms with E-state index in [-0.39, 0.29) is 22.8 Å². The summed E-state index contributed by atoms with van der Waals surface area (Å²) in [5.74, 6) is -0.534. The lowest BCUT2D eigenvalue weighted by Crippen LogP contribution is -2.54. The zero-order valence-electron chi connectivity index (χ0n) is 17.8. The van der Waals surface area contributed by atoms with Crippen molar-refractivity contribution >= 4 is 44.2 Å². The lowest BCUT2D eigenvalue weighted by Gasteiger charge is -2.35. The molecule has 3 atom stereocenters. The van der Waals surface area contributed by atoms with Gasteiger partial charge in [0.25, 0.3) is 0 Å². The maximum Gasteiger partial charge on any atom is 0.245 e. The summed E-state index contributed by atoms with van der Waals surface area (Å²) in [6.07, 6.45) is 2.03. The first-order valence-corrected chi connectivity index (χ1v) is 12.6. The Morgan fingerprint density at radius 1 is 1.16 bits per heavy atom. The monoisotopic (exact) mass is 478 g/mol. The third kappa shape index (κ3) is 4.61. The van der Waals surface area contributed by atoms with Gasteiger partial charge in [0.1, 0.15) is 12.1 Å². The minimum atomic E-state index is -3.92. The highest BCUT2D eigenvalue weighted by Gasteiger charge is 2.40. The van der Waals surface area contributed by atoms with Gasteiger partial charge in [-0.05, 0) is 61.2 Å². The molecule has 8 nitrogen and oxygen atoms in total. The van der Waals surface area contributed by atoms with E-state index in [1.807, 2.05) is 0 Å². The zero-order chi connectivity index (χ0) is 23.0. The smallest absolute Gasteiger partial charge is 0.245 e. The lowest BCUT2D eigenvalue weighted by molar-refractivity contribution is -0.144. The number of carbonyl (C=O) groups excluding carboxylic acids is 2. The number of rotatable bonds is 5. The summed E-state index contributed by atoms with van der Waals surface area (Å²) in [5, 5.41) is 2.12. The first kappa shape index (κ1) is 23.0. The standard InChI is InChI=1S/C22H27ClN4O4S/c1-14(21(28)26-9-2-3-18(24)13-26)27-10-8-20(22(27)29)25-32(30,31)19-7-5-15-11-17(23)6-4-16(15)12-19/h4-7,11-12,14,18,20,25H,2-3,8-10,13,24H2,1H3/t14-,18?,20-/m0/s1. The molecule has 4 rings (SSSR count). The molecule has 2 amide bonds. The molecule has 0 bridgehead atoms. The molecule has 0 spiro atoms. The van der Waals surface area contributed by atoms with Gasteiger partial charge in [0.05, 0.1) is 4.90 Å². The van der Waals surface area contributed by atoms with Crippen LogP contribution in [0.3, 0.4) is 0 Å². The highest BCUT2D eigenvalue weighted by atomic mass is 35.5. The molecule has 2 aliphatic rings. The Bertz CT molecular complexity index is 1160. The molecule has 10 heteroatoms. The van der Waals surface area contributed by atoms with Gasteiger partial charge in [0.2, 0.25) is 21.8 Å². The summed E-state index contributed by atoms with van der Waals surface area (Å²) >= 11 is 5.99. The van der Waals surface area contributed by atoms with Gasteiger partial charge in [-0.3, -0.25) is 9.59 Å². The Labute approximate surface area is 192 Å². The van der Waals surface area contributed by atoms with Crippen LogP contribution >= 0.6 is 11.6 Å². The van der Waals surface area contributed by atoms with Gasteiger partial charge >= 0.3 is 0 Å². The Hall–Kier alpha value is -2.20. The number of likely N-dealkylation sites (tertiary alicyclic amines) is 2. The summed E-state index contributed by atoms with van der Waals surface area (Å²) < 4.78 is 28.4. The second kappa shape index (κ2) is 8.97. The number of halogens is 1. The Morgan fingerprint density at radius 3 is 2.62 bits per heavy atom. The molecule has 2 saturated heterocycles. The molecule has 0 radical (unpaired) electrons. The highest BCUT2D eigenvalue weighted by Crippen LogP contribution is 2.24. The molecule has 1 unspecified atom stereocenters. The van der Waals surface area contributed by atoms with E-state index in [9.17, 15) is 18.0 Å². The molecule has 172 valence electrons. The van der Waals surface area contributed by atoms with Gasteiger partial charge in [-0.15, -0.1) is 0 Å². The van der Waals surface area contributed by atoms with Crippen molar-refractivity contribution in [1.82, 2.24) is 14.5 Å². The number of hydrogen-bond donors (Lipinski definition) is 2. The van der Waals surface area contributed by atoms with Crippen LogP contribution in [-0.2, 0) is 19.6 Å². The normalized spacial score (nSPS) is 23.0. The van der Waals surface area contributed by atoms with E-state index >= 15 is 0 Å². The Kier molecular flexibility index (Phi) is 6.44. The van der Waals surface area contributed by atoms with E-state index in [0.29, 0.717) is 31.1 Å². The average Bonchev–Trinajstić information content (AvgIpc) is 3.11. The molecule has 32 heavy (non-hydrogen) atoms. The second-order valence-electron chi connectivity index (χ2n) is 8.51. The Morgan fingerprint density at radius 2 is 1.88 bits per heavy atom. The zero-order valence-corrected chi connectivity index (χ0v) is 19.4. The largest absolute Gasteiger partial charge is 0.339 e. The molecule has 2 fully saturated rings. The van der Waals surface area contributed by atoms with Crippen LogP contribution in [0.15, 0.2) is 41.3 Å². The third-order valence-corrected chi connectivity index (χ3v) is 7.92. The summed E-state index contributed by atoms with van der Waals surface area (Å²) in [6.45, 7) is 3.11. The van der Waals surface area contributed by atoms with Crippen molar-refractivity contribution in [3.63, 3.8) is 0 Å². The van der Waals surface area contributed by atoms with Gasteiger partial charge in [0, 0.05) is 30.7 Å². The minimum absolute atomic E-state index is 0.0493. The predicted octanol–water partition coefficient (Wildman–Crippen LogP) is 1.71. The van der Waals surface area contributed by atoms with Crippen LogP contribution < -0.4 is 10.5 Å². The molecular formula is C22H27ClN4O4S. The van der Waals surface area contributed by atoms with Crippen LogP contribution in [0.1, 0.15) is 26.2 Å². The van der Waals surface area contributed by atoms with Crippen LogP contribution in [0.25, 0.3) is 10.8 Å².